The molecule has 4 heteroatoms. The number of hydrogen-bond donors (Lipinski definition) is 1. The molecule has 3 rings (SSSR count). The number of imidazole rings is 1. The van der Waals surface area contributed by atoms with Gasteiger partial charge in [0.15, 0.2) is 0 Å². The van der Waals surface area contributed by atoms with Gasteiger partial charge in [0.05, 0.1) is 18.6 Å². The summed E-state index contributed by atoms with van der Waals surface area (Å²) in [5.74, 6) is 0. The number of nitrogens with zero attached hydrogens (tertiary/aromatic N) is 3. The van der Waals surface area contributed by atoms with E-state index in [-0.39, 0.29) is 0 Å². The molecular weight excluding hydrogens is 224 g/mol. The lowest BCUT2D eigenvalue weighted by atomic mass is 10.1. The van der Waals surface area contributed by atoms with E-state index in [9.17, 15) is 0 Å². The monoisotopic (exact) mass is 240 g/mol. The van der Waals surface area contributed by atoms with Crippen LogP contribution in [0.5, 0.6) is 0 Å². The number of aryl methyl sites for hydroxylation is 1. The molecule has 92 valence electrons. The van der Waals surface area contributed by atoms with E-state index < -0.39 is 0 Å². The molecule has 0 atom stereocenters. The summed E-state index contributed by atoms with van der Waals surface area (Å²) in [6.45, 7) is 1.40. The largest absolute Gasteiger partial charge is 0.341 e. The van der Waals surface area contributed by atoms with Crippen LogP contribution < -0.4 is 5.73 Å². The van der Waals surface area contributed by atoms with Crippen LogP contribution in [0.3, 0.4) is 0 Å². The lowest BCUT2D eigenvalue weighted by molar-refractivity contribution is 0.743. The molecule has 1 aromatic carbocycles. The highest BCUT2D eigenvalue weighted by molar-refractivity contribution is 5.83. The average Bonchev–Trinajstić information content (AvgIpc) is 2.97. The van der Waals surface area contributed by atoms with Gasteiger partial charge in [-0.3, -0.25) is 0 Å². The second kappa shape index (κ2) is 4.31. The summed E-state index contributed by atoms with van der Waals surface area (Å²) in [6, 6.07) is 8.40. The topological polar surface area (TPSA) is 48.8 Å². The summed E-state index contributed by atoms with van der Waals surface area (Å²) in [5.41, 5.74) is 9.36. The number of benzene rings is 1. The summed E-state index contributed by atoms with van der Waals surface area (Å²) in [6.07, 6.45) is 5.84. The van der Waals surface area contributed by atoms with E-state index in [4.69, 9.17) is 5.73 Å². The van der Waals surface area contributed by atoms with Crippen LogP contribution in [0.2, 0.25) is 0 Å². The third kappa shape index (κ3) is 1.71. The maximum Gasteiger partial charge on any atom is 0.0946 e. The van der Waals surface area contributed by atoms with Crippen LogP contribution in [0.15, 0.2) is 43.0 Å². The molecular formula is C14H16N4. The van der Waals surface area contributed by atoms with E-state index in [1.807, 2.05) is 24.1 Å². The van der Waals surface area contributed by atoms with Gasteiger partial charge >= 0.3 is 0 Å². The van der Waals surface area contributed by atoms with E-state index in [0.717, 1.165) is 6.54 Å². The number of rotatable bonds is 3. The van der Waals surface area contributed by atoms with Gasteiger partial charge in [-0.15, -0.1) is 0 Å². The van der Waals surface area contributed by atoms with Gasteiger partial charge in [0.2, 0.25) is 0 Å². The Morgan fingerprint density at radius 3 is 2.89 bits per heavy atom. The van der Waals surface area contributed by atoms with Crippen molar-refractivity contribution in [3.05, 3.63) is 54.2 Å². The normalized spacial score (nSPS) is 11.2. The molecule has 0 bridgehead atoms. The Morgan fingerprint density at radius 1 is 1.28 bits per heavy atom. The van der Waals surface area contributed by atoms with E-state index in [0.29, 0.717) is 6.54 Å². The summed E-state index contributed by atoms with van der Waals surface area (Å²) in [5, 5.41) is 1.24. The highest BCUT2D eigenvalue weighted by Gasteiger charge is 2.06. The van der Waals surface area contributed by atoms with Crippen LogP contribution in [0, 0.1) is 0 Å². The number of nitrogens with two attached hydrogens (primary N) is 1. The zero-order valence-electron chi connectivity index (χ0n) is 10.4. The first kappa shape index (κ1) is 11.0. The van der Waals surface area contributed by atoms with Gasteiger partial charge in [-0.2, -0.15) is 0 Å². The second-order valence-corrected chi connectivity index (χ2v) is 4.49. The van der Waals surface area contributed by atoms with Crippen LogP contribution in [0.4, 0.5) is 0 Å². The van der Waals surface area contributed by atoms with Crippen LogP contribution in [0.1, 0.15) is 11.3 Å². The van der Waals surface area contributed by atoms with Crippen LogP contribution in [-0.2, 0) is 20.1 Å². The highest BCUT2D eigenvalue weighted by atomic mass is 15.1. The Labute approximate surface area is 106 Å². The maximum absolute atomic E-state index is 5.76. The lowest BCUT2D eigenvalue weighted by Crippen LogP contribution is -2.03. The van der Waals surface area contributed by atoms with Gasteiger partial charge < -0.3 is 14.9 Å². The van der Waals surface area contributed by atoms with Gasteiger partial charge in [-0.25, -0.2) is 4.98 Å². The fourth-order valence-electron chi connectivity index (χ4n) is 2.31. The summed E-state index contributed by atoms with van der Waals surface area (Å²) in [4.78, 5) is 4.15. The molecule has 0 radical (unpaired) electrons. The second-order valence-electron chi connectivity index (χ2n) is 4.49. The van der Waals surface area contributed by atoms with Gasteiger partial charge in [0, 0.05) is 36.9 Å². The first-order valence-electron chi connectivity index (χ1n) is 6.01. The molecule has 2 N–H and O–H groups in total. The minimum Gasteiger partial charge on any atom is -0.341 e. The molecule has 0 aliphatic carbocycles. The molecule has 18 heavy (non-hydrogen) atoms. The van der Waals surface area contributed by atoms with Gasteiger partial charge in [-0.1, -0.05) is 12.1 Å². The molecule has 4 nitrogen and oxygen atoms in total. The molecule has 2 aromatic heterocycles. The SMILES string of the molecule is Cn1cncc1Cn1ccc2c(CN)cccc21. The van der Waals surface area contributed by atoms with Gasteiger partial charge in [0.25, 0.3) is 0 Å². The Kier molecular flexibility index (Phi) is 2.64. The molecule has 0 amide bonds. The zero-order chi connectivity index (χ0) is 12.5. The average molecular weight is 240 g/mol. The van der Waals surface area contributed by atoms with E-state index in [1.54, 1.807) is 0 Å². The van der Waals surface area contributed by atoms with Crippen molar-refractivity contribution in [2.45, 2.75) is 13.1 Å². The van der Waals surface area contributed by atoms with Gasteiger partial charge in [0.1, 0.15) is 0 Å². The predicted molar refractivity (Wildman–Crippen MR) is 72.1 cm³/mol. The van der Waals surface area contributed by atoms with Crippen molar-refractivity contribution in [3.8, 4) is 0 Å². The number of fused-ring (bicyclic) bond motifs is 1. The van der Waals surface area contributed by atoms with Crippen molar-refractivity contribution in [2.24, 2.45) is 12.8 Å². The minimum atomic E-state index is 0.576. The highest BCUT2D eigenvalue weighted by Crippen LogP contribution is 2.20. The smallest absolute Gasteiger partial charge is 0.0946 e. The van der Waals surface area contributed by atoms with Crippen molar-refractivity contribution in [2.75, 3.05) is 0 Å². The fraction of sp³-hybridized carbons (Fsp3) is 0.214. The lowest BCUT2D eigenvalue weighted by Gasteiger charge is -2.07. The summed E-state index contributed by atoms with van der Waals surface area (Å²) in [7, 11) is 2.01. The van der Waals surface area contributed by atoms with Crippen molar-refractivity contribution in [3.63, 3.8) is 0 Å². The van der Waals surface area contributed by atoms with Crippen molar-refractivity contribution in [1.82, 2.24) is 14.1 Å². The Hall–Kier alpha value is -2.07. The standard InChI is InChI=1S/C14H16N4/c1-17-10-16-8-12(17)9-18-6-5-13-11(7-15)3-2-4-14(13)18/h2-6,8,10H,7,9,15H2,1H3. The summed E-state index contributed by atoms with van der Waals surface area (Å²) < 4.78 is 4.27. The third-order valence-corrected chi connectivity index (χ3v) is 3.37. The molecule has 0 unspecified atom stereocenters. The quantitative estimate of drug-likeness (QED) is 0.760. The van der Waals surface area contributed by atoms with E-state index >= 15 is 0 Å². The van der Waals surface area contributed by atoms with Crippen molar-refractivity contribution >= 4 is 10.9 Å². The molecule has 0 fully saturated rings. The van der Waals surface area contributed by atoms with Crippen LogP contribution in [-0.4, -0.2) is 14.1 Å². The van der Waals surface area contributed by atoms with Crippen LogP contribution >= 0.6 is 0 Å². The molecule has 0 aliphatic rings. The zero-order valence-corrected chi connectivity index (χ0v) is 10.4. The Morgan fingerprint density at radius 2 is 2.17 bits per heavy atom. The first-order valence-corrected chi connectivity index (χ1v) is 6.01. The molecule has 0 saturated heterocycles. The molecule has 3 aromatic rings. The molecule has 0 saturated carbocycles. The third-order valence-electron chi connectivity index (χ3n) is 3.37. The predicted octanol–water partition coefficient (Wildman–Crippen LogP) is 1.88. The summed E-state index contributed by atoms with van der Waals surface area (Å²) >= 11 is 0. The fourth-order valence-corrected chi connectivity index (χ4v) is 2.31. The maximum atomic E-state index is 5.76. The Balaban J connectivity index is 2.06. The number of hydrogen-bond acceptors (Lipinski definition) is 2. The van der Waals surface area contributed by atoms with Crippen LogP contribution in [0.25, 0.3) is 10.9 Å². The van der Waals surface area contributed by atoms with Crippen molar-refractivity contribution in [1.29, 1.82) is 0 Å². The van der Waals surface area contributed by atoms with E-state index in [1.165, 1.54) is 22.2 Å². The first-order chi connectivity index (χ1) is 8.79. The van der Waals surface area contributed by atoms with Crippen molar-refractivity contribution < 1.29 is 0 Å². The van der Waals surface area contributed by atoms with E-state index in [2.05, 4.69) is 40.0 Å². The molecule has 2 heterocycles. The molecule has 0 aliphatic heterocycles. The minimum absolute atomic E-state index is 0.576. The van der Waals surface area contributed by atoms with Gasteiger partial charge in [-0.05, 0) is 17.7 Å². The number of aromatic nitrogens is 3. The molecule has 0 spiro atoms. The Bertz CT molecular complexity index is 678.